The molecule has 0 aromatic heterocycles. The molecule has 0 spiro atoms. The number of halogens is 2. The van der Waals surface area contributed by atoms with Crippen molar-refractivity contribution in [1.82, 2.24) is 0 Å². The summed E-state index contributed by atoms with van der Waals surface area (Å²) in [5, 5.41) is 13.6. The number of aliphatic carboxylic acids is 1. The zero-order chi connectivity index (χ0) is 14.3. The van der Waals surface area contributed by atoms with Gasteiger partial charge in [-0.1, -0.05) is 0 Å². The number of rotatable bonds is 3. The molecule has 18 heavy (non-hydrogen) atoms. The zero-order valence-electron chi connectivity index (χ0n) is 9.57. The van der Waals surface area contributed by atoms with Crippen LogP contribution in [-0.2, 0) is 20.2 Å². The molecule has 1 aromatic carbocycles. The average molecular weight is 279 g/mol. The van der Waals surface area contributed by atoms with Gasteiger partial charge in [-0.2, -0.15) is 0 Å². The molecule has 0 aliphatic carbocycles. The van der Waals surface area contributed by atoms with Gasteiger partial charge in [0.05, 0.1) is 5.41 Å². The van der Waals surface area contributed by atoms with Gasteiger partial charge in [0.1, 0.15) is 11.6 Å². The third-order valence-corrected chi connectivity index (χ3v) is 3.50. The molecular formula is C10H11F2NO4S. The second-order valence-corrected chi connectivity index (χ2v) is 5.74. The van der Waals surface area contributed by atoms with E-state index in [-0.39, 0.29) is 5.56 Å². The number of nitrogens with two attached hydrogens (primary N) is 1. The van der Waals surface area contributed by atoms with Crippen LogP contribution >= 0.6 is 0 Å². The summed E-state index contributed by atoms with van der Waals surface area (Å²) < 4.78 is 48.9. The van der Waals surface area contributed by atoms with Crippen LogP contribution in [0.4, 0.5) is 8.78 Å². The largest absolute Gasteiger partial charge is 0.481 e. The highest BCUT2D eigenvalue weighted by Crippen LogP contribution is 2.28. The highest BCUT2D eigenvalue weighted by atomic mass is 32.2. The van der Waals surface area contributed by atoms with Gasteiger partial charge >= 0.3 is 5.97 Å². The fraction of sp³-hybridized carbons (Fsp3) is 0.300. The topological polar surface area (TPSA) is 97.5 Å². The maximum absolute atomic E-state index is 13.5. The van der Waals surface area contributed by atoms with E-state index in [0.29, 0.717) is 12.1 Å². The lowest BCUT2D eigenvalue weighted by molar-refractivity contribution is -0.142. The molecule has 0 aliphatic rings. The summed E-state index contributed by atoms with van der Waals surface area (Å²) in [5.41, 5.74) is -1.75. The van der Waals surface area contributed by atoms with Crippen LogP contribution in [0.3, 0.4) is 0 Å². The van der Waals surface area contributed by atoms with Crippen molar-refractivity contribution in [2.75, 3.05) is 0 Å². The standard InChI is InChI=1S/C10H11F2NO4S/c1-10(2,9(14)15)5-3-6(11)8(7(12)4-5)18(13,16)17/h3-4H,1-2H3,(H,14,15)(H2,13,16,17). The summed E-state index contributed by atoms with van der Waals surface area (Å²) in [5.74, 6) is -4.13. The van der Waals surface area contributed by atoms with Crippen LogP contribution in [0.5, 0.6) is 0 Å². The number of carbonyl (C=O) groups is 1. The normalized spacial score (nSPS) is 12.5. The molecule has 0 bridgehead atoms. The van der Waals surface area contributed by atoms with Crippen molar-refractivity contribution >= 4 is 16.0 Å². The van der Waals surface area contributed by atoms with E-state index in [1.165, 1.54) is 13.8 Å². The van der Waals surface area contributed by atoms with Crippen molar-refractivity contribution < 1.29 is 27.1 Å². The molecule has 0 saturated carbocycles. The van der Waals surface area contributed by atoms with Gasteiger partial charge in [0.25, 0.3) is 0 Å². The van der Waals surface area contributed by atoms with Gasteiger partial charge in [0, 0.05) is 0 Å². The molecular weight excluding hydrogens is 268 g/mol. The number of primary sulfonamides is 1. The fourth-order valence-electron chi connectivity index (χ4n) is 1.32. The summed E-state index contributed by atoms with van der Waals surface area (Å²) in [4.78, 5) is 9.67. The quantitative estimate of drug-likeness (QED) is 0.861. The first-order chi connectivity index (χ1) is 7.98. The van der Waals surface area contributed by atoms with Gasteiger partial charge in [-0.05, 0) is 31.5 Å². The highest BCUT2D eigenvalue weighted by Gasteiger charge is 2.32. The van der Waals surface area contributed by atoms with Crippen LogP contribution in [0.2, 0.25) is 0 Å². The van der Waals surface area contributed by atoms with Crippen LogP contribution in [0.1, 0.15) is 19.4 Å². The molecule has 1 aromatic rings. The van der Waals surface area contributed by atoms with E-state index in [0.717, 1.165) is 0 Å². The molecule has 1 rings (SSSR count). The smallest absolute Gasteiger partial charge is 0.313 e. The lowest BCUT2D eigenvalue weighted by Crippen LogP contribution is -2.29. The van der Waals surface area contributed by atoms with E-state index >= 15 is 0 Å². The Hall–Kier alpha value is -1.54. The van der Waals surface area contributed by atoms with Crippen molar-refractivity contribution in [2.45, 2.75) is 24.2 Å². The molecule has 5 nitrogen and oxygen atoms in total. The Balaban J connectivity index is 3.55. The third-order valence-electron chi connectivity index (χ3n) is 2.54. The van der Waals surface area contributed by atoms with Crippen molar-refractivity contribution in [3.63, 3.8) is 0 Å². The van der Waals surface area contributed by atoms with Gasteiger partial charge < -0.3 is 5.11 Å². The van der Waals surface area contributed by atoms with Crippen molar-refractivity contribution in [3.8, 4) is 0 Å². The predicted molar refractivity (Wildman–Crippen MR) is 58.4 cm³/mol. The fourth-order valence-corrected chi connectivity index (χ4v) is 1.98. The Labute approximate surface area is 102 Å². The number of hydrogen-bond acceptors (Lipinski definition) is 3. The molecule has 0 fully saturated rings. The molecule has 0 amide bonds. The Morgan fingerprint density at radius 1 is 1.28 bits per heavy atom. The summed E-state index contributed by atoms with van der Waals surface area (Å²) in [6, 6.07) is 1.30. The van der Waals surface area contributed by atoms with Crippen molar-refractivity contribution in [2.24, 2.45) is 5.14 Å². The van der Waals surface area contributed by atoms with Crippen LogP contribution in [-0.4, -0.2) is 19.5 Å². The SMILES string of the molecule is CC(C)(C(=O)O)c1cc(F)c(S(N)(=O)=O)c(F)c1. The average Bonchev–Trinajstić information content (AvgIpc) is 2.13. The van der Waals surface area contributed by atoms with Gasteiger partial charge in [-0.15, -0.1) is 0 Å². The zero-order valence-corrected chi connectivity index (χ0v) is 10.4. The monoisotopic (exact) mass is 279 g/mol. The molecule has 0 saturated heterocycles. The number of carboxylic acid groups (broad SMARTS) is 1. The van der Waals surface area contributed by atoms with Crippen molar-refractivity contribution in [1.29, 1.82) is 0 Å². The number of sulfonamides is 1. The maximum Gasteiger partial charge on any atom is 0.313 e. The van der Waals surface area contributed by atoms with Crippen LogP contribution in [0.15, 0.2) is 17.0 Å². The highest BCUT2D eigenvalue weighted by molar-refractivity contribution is 7.89. The second kappa shape index (κ2) is 4.29. The minimum absolute atomic E-state index is 0.197. The Bertz CT molecular complexity index is 587. The van der Waals surface area contributed by atoms with Crippen LogP contribution in [0, 0.1) is 11.6 Å². The number of benzene rings is 1. The summed E-state index contributed by atoms with van der Waals surface area (Å²) in [7, 11) is -4.54. The lowest BCUT2D eigenvalue weighted by atomic mass is 9.85. The molecule has 0 atom stereocenters. The number of hydrogen-bond donors (Lipinski definition) is 2. The Kier molecular flexibility index (Phi) is 3.46. The molecule has 100 valence electrons. The van der Waals surface area contributed by atoms with E-state index in [2.05, 4.69) is 5.14 Å². The minimum atomic E-state index is -4.54. The molecule has 0 radical (unpaired) electrons. The Morgan fingerprint density at radius 3 is 1.94 bits per heavy atom. The van der Waals surface area contributed by atoms with Crippen LogP contribution < -0.4 is 5.14 Å². The first-order valence-electron chi connectivity index (χ1n) is 4.73. The summed E-state index contributed by atoms with van der Waals surface area (Å²) >= 11 is 0. The molecule has 0 aliphatic heterocycles. The van der Waals surface area contributed by atoms with Gasteiger partial charge in [0.2, 0.25) is 10.0 Å². The van der Waals surface area contributed by atoms with E-state index in [9.17, 15) is 22.0 Å². The summed E-state index contributed by atoms with van der Waals surface area (Å²) in [6.45, 7) is 2.47. The second-order valence-electron chi connectivity index (χ2n) is 4.24. The van der Waals surface area contributed by atoms with E-state index in [1.54, 1.807) is 0 Å². The first kappa shape index (κ1) is 14.5. The van der Waals surface area contributed by atoms with Gasteiger partial charge in [0.15, 0.2) is 4.90 Å². The minimum Gasteiger partial charge on any atom is -0.481 e. The van der Waals surface area contributed by atoms with Crippen molar-refractivity contribution in [3.05, 3.63) is 29.3 Å². The van der Waals surface area contributed by atoms with E-state index < -0.39 is 37.9 Å². The maximum atomic E-state index is 13.5. The molecule has 0 heterocycles. The molecule has 3 N–H and O–H groups in total. The van der Waals surface area contributed by atoms with Gasteiger partial charge in [-0.25, -0.2) is 22.3 Å². The lowest BCUT2D eigenvalue weighted by Gasteiger charge is -2.20. The molecule has 8 heteroatoms. The van der Waals surface area contributed by atoms with E-state index in [4.69, 9.17) is 5.11 Å². The third kappa shape index (κ3) is 2.49. The Morgan fingerprint density at radius 2 is 1.67 bits per heavy atom. The summed E-state index contributed by atoms with van der Waals surface area (Å²) in [6.07, 6.45) is 0. The molecule has 0 unspecified atom stereocenters. The van der Waals surface area contributed by atoms with Crippen LogP contribution in [0.25, 0.3) is 0 Å². The van der Waals surface area contributed by atoms with Gasteiger partial charge in [-0.3, -0.25) is 4.79 Å². The number of carboxylic acids is 1. The van der Waals surface area contributed by atoms with E-state index in [1.807, 2.05) is 0 Å². The predicted octanol–water partition coefficient (Wildman–Crippen LogP) is 0.974. The first-order valence-corrected chi connectivity index (χ1v) is 6.28.